The maximum atomic E-state index is 12.5. The molecule has 0 N–H and O–H groups in total. The number of rotatable bonds is 0. The maximum Gasteiger partial charge on any atom is 0.143 e. The van der Waals surface area contributed by atoms with E-state index in [1.807, 2.05) is 0 Å². The first-order chi connectivity index (χ1) is 8.55. The number of benzene rings is 1. The summed E-state index contributed by atoms with van der Waals surface area (Å²) < 4.78 is 0. The second-order valence-electron chi connectivity index (χ2n) is 6.34. The molecule has 1 aromatic rings. The summed E-state index contributed by atoms with van der Waals surface area (Å²) in [5.74, 6) is 0.435. The van der Waals surface area contributed by atoms with Crippen LogP contribution in [0.3, 0.4) is 0 Å². The molecule has 2 aliphatic rings. The fraction of sp³-hybridized carbons (Fsp3) is 0.471. The van der Waals surface area contributed by atoms with Crippen molar-refractivity contribution in [2.24, 2.45) is 10.8 Å². The smallest absolute Gasteiger partial charge is 0.143 e. The van der Waals surface area contributed by atoms with Crippen molar-refractivity contribution in [2.45, 2.75) is 39.5 Å². The van der Waals surface area contributed by atoms with Crippen LogP contribution in [0.2, 0.25) is 0 Å². The molecule has 94 valence electrons. The van der Waals surface area contributed by atoms with Gasteiger partial charge in [0.25, 0.3) is 0 Å². The number of carbonyl (C=O) groups is 1. The van der Waals surface area contributed by atoms with Gasteiger partial charge in [0.2, 0.25) is 0 Å². The van der Waals surface area contributed by atoms with Crippen molar-refractivity contribution < 1.29 is 4.79 Å². The van der Waals surface area contributed by atoms with Crippen molar-refractivity contribution in [1.29, 1.82) is 0 Å². The highest BCUT2D eigenvalue weighted by Gasteiger charge is 2.51. The van der Waals surface area contributed by atoms with Crippen LogP contribution in [0.1, 0.15) is 44.2 Å². The predicted octanol–water partition coefficient (Wildman–Crippen LogP) is 4.02. The van der Waals surface area contributed by atoms with Crippen LogP contribution < -0.4 is 0 Å². The van der Waals surface area contributed by atoms with Gasteiger partial charge in [0.05, 0.1) is 5.41 Å². The number of allylic oxidation sites excluding steroid dienone is 1. The number of Topliss-reactive ketones (excluding diaryl/α,β-unsaturated/α-hetero) is 1. The Balaban J connectivity index is 2.10. The third kappa shape index (κ3) is 1.50. The van der Waals surface area contributed by atoms with Gasteiger partial charge in [0.1, 0.15) is 5.78 Å². The van der Waals surface area contributed by atoms with Crippen LogP contribution in [0.5, 0.6) is 0 Å². The van der Waals surface area contributed by atoms with E-state index in [0.717, 1.165) is 25.7 Å². The molecular weight excluding hydrogens is 220 g/mol. The van der Waals surface area contributed by atoms with E-state index < -0.39 is 0 Å². The molecule has 1 heteroatoms. The van der Waals surface area contributed by atoms with Gasteiger partial charge in [-0.1, -0.05) is 50.3 Å². The van der Waals surface area contributed by atoms with Crippen LogP contribution in [0.25, 0.3) is 6.08 Å². The molecule has 0 bridgehead atoms. The van der Waals surface area contributed by atoms with E-state index in [1.165, 1.54) is 11.1 Å². The van der Waals surface area contributed by atoms with Crippen LogP contribution >= 0.6 is 0 Å². The first-order valence-corrected chi connectivity index (χ1v) is 6.86. The molecule has 0 aliphatic heterocycles. The lowest BCUT2D eigenvalue weighted by Crippen LogP contribution is -2.48. The monoisotopic (exact) mass is 240 g/mol. The molecule has 1 fully saturated rings. The molecule has 1 spiro atoms. The first-order valence-electron chi connectivity index (χ1n) is 6.86. The van der Waals surface area contributed by atoms with E-state index in [-0.39, 0.29) is 10.8 Å². The molecule has 0 aromatic heterocycles. The Bertz CT molecular complexity index is 524. The Labute approximate surface area is 109 Å². The first kappa shape index (κ1) is 11.7. The Morgan fingerprint density at radius 3 is 2.72 bits per heavy atom. The zero-order chi connectivity index (χ0) is 12.8. The quantitative estimate of drug-likeness (QED) is 0.669. The summed E-state index contributed by atoms with van der Waals surface area (Å²) in [4.78, 5) is 12.5. The molecule has 1 saturated carbocycles. The second kappa shape index (κ2) is 3.81. The predicted molar refractivity (Wildman–Crippen MR) is 74.3 cm³/mol. The van der Waals surface area contributed by atoms with Crippen molar-refractivity contribution >= 4 is 11.9 Å². The molecular formula is C17H20O. The maximum absolute atomic E-state index is 12.5. The average Bonchev–Trinajstić information content (AvgIpc) is 2.36. The zero-order valence-corrected chi connectivity index (χ0v) is 11.2. The van der Waals surface area contributed by atoms with Crippen molar-refractivity contribution in [1.82, 2.24) is 0 Å². The highest BCUT2D eigenvalue weighted by atomic mass is 16.1. The van der Waals surface area contributed by atoms with Gasteiger partial charge in [-0.15, -0.1) is 0 Å². The van der Waals surface area contributed by atoms with Crippen molar-refractivity contribution in [3.63, 3.8) is 0 Å². The Morgan fingerprint density at radius 2 is 1.94 bits per heavy atom. The molecule has 0 heterocycles. The lowest BCUT2D eigenvalue weighted by atomic mass is 9.53. The molecule has 3 rings (SSSR count). The third-order valence-corrected chi connectivity index (χ3v) is 4.98. The summed E-state index contributed by atoms with van der Waals surface area (Å²) in [6.45, 7) is 4.50. The SMILES string of the molecule is CC1(C)CCCC(=O)[C@@]12C=Cc1ccccc1C2. The van der Waals surface area contributed by atoms with E-state index in [9.17, 15) is 4.79 Å². The fourth-order valence-corrected chi connectivity index (χ4v) is 3.62. The van der Waals surface area contributed by atoms with Gasteiger partial charge in [-0.3, -0.25) is 4.79 Å². The minimum Gasteiger partial charge on any atom is -0.299 e. The number of hydrogen-bond donors (Lipinski definition) is 0. The van der Waals surface area contributed by atoms with E-state index in [4.69, 9.17) is 0 Å². The average molecular weight is 240 g/mol. The van der Waals surface area contributed by atoms with Gasteiger partial charge < -0.3 is 0 Å². The van der Waals surface area contributed by atoms with Gasteiger partial charge in [-0.25, -0.2) is 0 Å². The molecule has 1 aromatic carbocycles. The van der Waals surface area contributed by atoms with E-state index in [2.05, 4.69) is 50.3 Å². The highest BCUT2D eigenvalue weighted by molar-refractivity contribution is 5.90. The summed E-state index contributed by atoms with van der Waals surface area (Å²) in [5, 5.41) is 0. The van der Waals surface area contributed by atoms with Crippen LogP contribution in [0.15, 0.2) is 30.3 Å². The summed E-state index contributed by atoms with van der Waals surface area (Å²) in [5.41, 5.74) is 2.41. The largest absolute Gasteiger partial charge is 0.299 e. The molecule has 18 heavy (non-hydrogen) atoms. The van der Waals surface area contributed by atoms with Crippen LogP contribution in [0.4, 0.5) is 0 Å². The molecule has 2 aliphatic carbocycles. The number of ketones is 1. The van der Waals surface area contributed by atoms with Crippen molar-refractivity contribution in [3.8, 4) is 0 Å². The van der Waals surface area contributed by atoms with Crippen LogP contribution in [-0.2, 0) is 11.2 Å². The summed E-state index contributed by atoms with van der Waals surface area (Å²) in [6.07, 6.45) is 8.16. The molecule has 0 amide bonds. The third-order valence-electron chi connectivity index (χ3n) is 4.98. The van der Waals surface area contributed by atoms with E-state index in [0.29, 0.717) is 5.78 Å². The van der Waals surface area contributed by atoms with Crippen molar-refractivity contribution in [2.75, 3.05) is 0 Å². The van der Waals surface area contributed by atoms with Gasteiger partial charge >= 0.3 is 0 Å². The van der Waals surface area contributed by atoms with E-state index in [1.54, 1.807) is 0 Å². The van der Waals surface area contributed by atoms with Gasteiger partial charge in [-0.2, -0.15) is 0 Å². The normalized spacial score (nSPS) is 29.3. The van der Waals surface area contributed by atoms with Crippen molar-refractivity contribution in [3.05, 3.63) is 41.5 Å². The van der Waals surface area contributed by atoms with Gasteiger partial charge in [0, 0.05) is 6.42 Å². The minimum absolute atomic E-state index is 0.0758. The summed E-state index contributed by atoms with van der Waals surface area (Å²) >= 11 is 0. The Hall–Kier alpha value is -1.37. The summed E-state index contributed by atoms with van der Waals surface area (Å²) in [7, 11) is 0. The fourth-order valence-electron chi connectivity index (χ4n) is 3.62. The molecule has 1 nitrogen and oxygen atoms in total. The summed E-state index contributed by atoms with van der Waals surface area (Å²) in [6, 6.07) is 8.44. The van der Waals surface area contributed by atoms with Crippen LogP contribution in [0, 0.1) is 10.8 Å². The number of carbonyl (C=O) groups excluding carboxylic acids is 1. The number of hydrogen-bond acceptors (Lipinski definition) is 1. The molecule has 0 radical (unpaired) electrons. The lowest BCUT2D eigenvalue weighted by Gasteiger charge is -2.49. The molecule has 0 saturated heterocycles. The second-order valence-corrected chi connectivity index (χ2v) is 6.34. The minimum atomic E-state index is -0.264. The topological polar surface area (TPSA) is 17.1 Å². The van der Waals surface area contributed by atoms with Gasteiger partial charge in [0.15, 0.2) is 0 Å². The zero-order valence-electron chi connectivity index (χ0n) is 11.2. The highest BCUT2D eigenvalue weighted by Crippen LogP contribution is 2.53. The Morgan fingerprint density at radius 1 is 1.17 bits per heavy atom. The Kier molecular flexibility index (Phi) is 2.48. The van der Waals surface area contributed by atoms with Gasteiger partial charge in [-0.05, 0) is 35.8 Å². The lowest BCUT2D eigenvalue weighted by molar-refractivity contribution is -0.135. The number of fused-ring (bicyclic) bond motifs is 1. The molecule has 1 atom stereocenters. The van der Waals surface area contributed by atoms with Crippen LogP contribution in [-0.4, -0.2) is 5.78 Å². The molecule has 0 unspecified atom stereocenters. The van der Waals surface area contributed by atoms with E-state index >= 15 is 0 Å². The standard InChI is InChI=1S/C17H20O/c1-16(2)10-5-8-15(18)17(16)11-9-13-6-3-4-7-14(13)12-17/h3-4,6-7,9,11H,5,8,10,12H2,1-2H3/t17-/m0/s1.